The molecule has 0 bridgehead atoms. The number of rotatable bonds is 6. The third kappa shape index (κ3) is 3.70. The average Bonchev–Trinajstić information content (AvgIpc) is 2.71. The van der Waals surface area contributed by atoms with Crippen LogP contribution in [-0.4, -0.2) is 22.4 Å². The fraction of sp³-hybridized carbons (Fsp3) is 0.471. The predicted molar refractivity (Wildman–Crippen MR) is 84.0 cm³/mol. The molecule has 0 aliphatic carbocycles. The van der Waals surface area contributed by atoms with E-state index in [-0.39, 0.29) is 0 Å². The molecule has 1 unspecified atom stereocenters. The first-order chi connectivity index (χ1) is 9.60. The molecule has 0 saturated carbocycles. The van der Waals surface area contributed by atoms with Crippen molar-refractivity contribution in [1.82, 2.24) is 15.1 Å². The molecule has 0 fully saturated rings. The van der Waals surface area contributed by atoms with E-state index in [1.165, 1.54) is 16.8 Å². The Morgan fingerprint density at radius 2 is 1.95 bits per heavy atom. The second-order valence-electron chi connectivity index (χ2n) is 5.49. The lowest BCUT2D eigenvalue weighted by Crippen LogP contribution is -2.33. The Balaban J connectivity index is 2.11. The van der Waals surface area contributed by atoms with Crippen LogP contribution in [-0.2, 0) is 19.9 Å². The van der Waals surface area contributed by atoms with Crippen LogP contribution >= 0.6 is 0 Å². The summed E-state index contributed by atoms with van der Waals surface area (Å²) >= 11 is 0. The molecule has 0 aliphatic heterocycles. The lowest BCUT2D eigenvalue weighted by Gasteiger charge is -2.19. The summed E-state index contributed by atoms with van der Waals surface area (Å²) in [4.78, 5) is 0. The van der Waals surface area contributed by atoms with Crippen LogP contribution in [0, 0.1) is 13.8 Å². The van der Waals surface area contributed by atoms with Crippen molar-refractivity contribution in [1.29, 1.82) is 0 Å². The zero-order valence-electron chi connectivity index (χ0n) is 13.0. The van der Waals surface area contributed by atoms with Gasteiger partial charge in [-0.05, 0) is 44.0 Å². The smallest absolute Gasteiger partial charge is 0.0596 e. The topological polar surface area (TPSA) is 29.9 Å². The Morgan fingerprint density at radius 1 is 1.20 bits per heavy atom. The van der Waals surface area contributed by atoms with E-state index >= 15 is 0 Å². The van der Waals surface area contributed by atoms with Crippen molar-refractivity contribution < 1.29 is 0 Å². The highest BCUT2D eigenvalue weighted by atomic mass is 15.3. The minimum Gasteiger partial charge on any atom is -0.314 e. The first kappa shape index (κ1) is 14.8. The van der Waals surface area contributed by atoms with E-state index in [4.69, 9.17) is 0 Å². The molecule has 0 saturated heterocycles. The molecule has 2 rings (SSSR count). The van der Waals surface area contributed by atoms with E-state index in [0.717, 1.165) is 25.1 Å². The maximum atomic E-state index is 4.44. The fourth-order valence-corrected chi connectivity index (χ4v) is 2.72. The molecule has 1 aromatic carbocycles. The molecule has 108 valence electrons. The number of nitrogens with one attached hydrogen (secondary N) is 1. The summed E-state index contributed by atoms with van der Waals surface area (Å²) in [5.41, 5.74) is 5.18. The predicted octanol–water partition coefficient (Wildman–Crippen LogP) is 2.80. The lowest BCUT2D eigenvalue weighted by molar-refractivity contribution is 0.504. The van der Waals surface area contributed by atoms with Gasteiger partial charge in [0, 0.05) is 25.2 Å². The van der Waals surface area contributed by atoms with Crippen molar-refractivity contribution in [2.45, 2.75) is 39.7 Å². The number of nitrogens with zero attached hydrogens (tertiary/aromatic N) is 2. The standard InChI is InChI=1S/C17H25N3/c1-5-18-16(11-15-9-7-6-8-13(15)2)12-17-10-14(3)19-20(17)4/h6-10,16,18H,5,11-12H2,1-4H3. The molecule has 2 aromatic rings. The Morgan fingerprint density at radius 3 is 2.55 bits per heavy atom. The van der Waals surface area contributed by atoms with Gasteiger partial charge in [0.1, 0.15) is 0 Å². The van der Waals surface area contributed by atoms with Gasteiger partial charge >= 0.3 is 0 Å². The number of aromatic nitrogens is 2. The molecule has 0 amide bonds. The summed E-state index contributed by atoms with van der Waals surface area (Å²) in [6.45, 7) is 7.40. The summed E-state index contributed by atoms with van der Waals surface area (Å²) in [6, 6.07) is 11.3. The molecule has 1 heterocycles. The van der Waals surface area contributed by atoms with Crippen LogP contribution in [0.4, 0.5) is 0 Å². The second-order valence-corrected chi connectivity index (χ2v) is 5.49. The summed E-state index contributed by atoms with van der Waals surface area (Å²) < 4.78 is 2.00. The van der Waals surface area contributed by atoms with Gasteiger partial charge in [0.05, 0.1) is 5.69 Å². The molecule has 1 aromatic heterocycles. The minimum absolute atomic E-state index is 0.455. The van der Waals surface area contributed by atoms with Gasteiger partial charge in [-0.3, -0.25) is 4.68 Å². The normalized spacial score (nSPS) is 12.6. The fourth-order valence-electron chi connectivity index (χ4n) is 2.72. The molecule has 0 aliphatic rings. The zero-order chi connectivity index (χ0) is 14.5. The first-order valence-electron chi connectivity index (χ1n) is 7.37. The van der Waals surface area contributed by atoms with Crippen molar-refractivity contribution in [2.75, 3.05) is 6.54 Å². The van der Waals surface area contributed by atoms with Crippen LogP contribution in [0.2, 0.25) is 0 Å². The van der Waals surface area contributed by atoms with Crippen LogP contribution in [0.3, 0.4) is 0 Å². The average molecular weight is 271 g/mol. The quantitative estimate of drug-likeness (QED) is 0.875. The maximum Gasteiger partial charge on any atom is 0.0596 e. The third-order valence-corrected chi connectivity index (χ3v) is 3.77. The molecule has 3 heteroatoms. The Kier molecular flexibility index (Phi) is 4.96. The minimum atomic E-state index is 0.455. The molecule has 0 spiro atoms. The molecule has 3 nitrogen and oxygen atoms in total. The Hall–Kier alpha value is -1.61. The Labute approximate surface area is 122 Å². The number of hydrogen-bond donors (Lipinski definition) is 1. The van der Waals surface area contributed by atoms with Crippen LogP contribution in [0.25, 0.3) is 0 Å². The van der Waals surface area contributed by atoms with Gasteiger partial charge < -0.3 is 5.32 Å². The van der Waals surface area contributed by atoms with E-state index in [0.29, 0.717) is 6.04 Å². The van der Waals surface area contributed by atoms with Crippen molar-refractivity contribution in [2.24, 2.45) is 7.05 Å². The second kappa shape index (κ2) is 6.71. The summed E-state index contributed by atoms with van der Waals surface area (Å²) in [5, 5.41) is 8.04. The van der Waals surface area contributed by atoms with E-state index in [1.54, 1.807) is 0 Å². The Bertz CT molecular complexity index is 557. The molecule has 0 radical (unpaired) electrons. The molecule has 1 N–H and O–H groups in total. The van der Waals surface area contributed by atoms with Crippen LogP contribution in [0.15, 0.2) is 30.3 Å². The summed E-state index contributed by atoms with van der Waals surface area (Å²) in [5.74, 6) is 0. The molecule has 1 atom stereocenters. The van der Waals surface area contributed by atoms with Gasteiger partial charge in [-0.2, -0.15) is 5.10 Å². The zero-order valence-corrected chi connectivity index (χ0v) is 13.0. The summed E-state index contributed by atoms with van der Waals surface area (Å²) in [7, 11) is 2.03. The SMILES string of the molecule is CCNC(Cc1ccccc1C)Cc1cc(C)nn1C. The number of hydrogen-bond acceptors (Lipinski definition) is 2. The van der Waals surface area contributed by atoms with Crippen LogP contribution < -0.4 is 5.32 Å². The maximum absolute atomic E-state index is 4.44. The van der Waals surface area contributed by atoms with Crippen LogP contribution in [0.5, 0.6) is 0 Å². The van der Waals surface area contributed by atoms with Crippen molar-refractivity contribution in [3.63, 3.8) is 0 Å². The van der Waals surface area contributed by atoms with Gasteiger partial charge in [0.15, 0.2) is 0 Å². The van der Waals surface area contributed by atoms with E-state index in [9.17, 15) is 0 Å². The van der Waals surface area contributed by atoms with Gasteiger partial charge in [0.2, 0.25) is 0 Å². The van der Waals surface area contributed by atoms with E-state index in [2.05, 4.69) is 54.6 Å². The number of aryl methyl sites for hydroxylation is 3. The van der Waals surface area contributed by atoms with Crippen LogP contribution in [0.1, 0.15) is 29.4 Å². The third-order valence-electron chi connectivity index (χ3n) is 3.77. The first-order valence-corrected chi connectivity index (χ1v) is 7.37. The van der Waals surface area contributed by atoms with Crippen molar-refractivity contribution in [3.8, 4) is 0 Å². The van der Waals surface area contributed by atoms with Gasteiger partial charge in [0.25, 0.3) is 0 Å². The largest absolute Gasteiger partial charge is 0.314 e. The highest BCUT2D eigenvalue weighted by Gasteiger charge is 2.13. The molecular formula is C17H25N3. The van der Waals surface area contributed by atoms with E-state index in [1.807, 2.05) is 18.7 Å². The monoisotopic (exact) mass is 271 g/mol. The summed E-state index contributed by atoms with van der Waals surface area (Å²) in [6.07, 6.45) is 2.07. The van der Waals surface area contributed by atoms with Gasteiger partial charge in [-0.25, -0.2) is 0 Å². The molecule has 20 heavy (non-hydrogen) atoms. The highest BCUT2D eigenvalue weighted by molar-refractivity contribution is 5.26. The number of benzene rings is 1. The number of likely N-dealkylation sites (N-methyl/N-ethyl adjacent to an activating group) is 1. The van der Waals surface area contributed by atoms with Gasteiger partial charge in [-0.15, -0.1) is 0 Å². The van der Waals surface area contributed by atoms with Gasteiger partial charge in [-0.1, -0.05) is 31.2 Å². The van der Waals surface area contributed by atoms with Crippen molar-refractivity contribution >= 4 is 0 Å². The lowest BCUT2D eigenvalue weighted by atomic mass is 9.98. The molecular weight excluding hydrogens is 246 g/mol. The highest BCUT2D eigenvalue weighted by Crippen LogP contribution is 2.13. The van der Waals surface area contributed by atoms with E-state index < -0.39 is 0 Å². The van der Waals surface area contributed by atoms with Crippen molar-refractivity contribution in [3.05, 3.63) is 52.8 Å².